The Morgan fingerprint density at radius 3 is 2.70 bits per heavy atom. The number of hydrogen-bond donors (Lipinski definition) is 0. The van der Waals surface area contributed by atoms with Gasteiger partial charge in [-0.3, -0.25) is 9.78 Å². The summed E-state index contributed by atoms with van der Waals surface area (Å²) in [6.45, 7) is 3.29. The van der Waals surface area contributed by atoms with E-state index in [2.05, 4.69) is 4.98 Å². The van der Waals surface area contributed by atoms with Crippen LogP contribution in [0.1, 0.15) is 19.4 Å². The lowest BCUT2D eigenvalue weighted by Crippen LogP contribution is -2.13. The first-order chi connectivity index (χ1) is 9.63. The molecule has 0 unspecified atom stereocenters. The van der Waals surface area contributed by atoms with E-state index in [0.717, 1.165) is 16.5 Å². The molecule has 0 N–H and O–H groups in total. The first kappa shape index (κ1) is 13.9. The van der Waals surface area contributed by atoms with Crippen molar-refractivity contribution in [3.05, 3.63) is 47.7 Å². The van der Waals surface area contributed by atoms with Gasteiger partial charge < -0.3 is 4.74 Å². The Hall–Kier alpha value is -2.49. The molecule has 0 radical (unpaired) electrons. The van der Waals surface area contributed by atoms with Crippen LogP contribution in [-0.2, 0) is 14.3 Å². The zero-order chi connectivity index (χ0) is 14.5. The van der Waals surface area contributed by atoms with Crippen LogP contribution in [0.4, 0.5) is 0 Å². The van der Waals surface area contributed by atoms with Gasteiger partial charge in [0.1, 0.15) is 5.57 Å². The summed E-state index contributed by atoms with van der Waals surface area (Å²) in [5.74, 6) is -0.927. The molecular weight excluding hydrogens is 254 g/mol. The van der Waals surface area contributed by atoms with Crippen LogP contribution in [0.3, 0.4) is 0 Å². The lowest BCUT2D eigenvalue weighted by atomic mass is 10.0. The van der Waals surface area contributed by atoms with Crippen molar-refractivity contribution >= 4 is 28.7 Å². The monoisotopic (exact) mass is 269 g/mol. The Labute approximate surface area is 117 Å². The molecule has 1 heterocycles. The molecule has 4 nitrogen and oxygen atoms in total. The molecule has 102 valence electrons. The van der Waals surface area contributed by atoms with Gasteiger partial charge in [0.2, 0.25) is 0 Å². The van der Waals surface area contributed by atoms with Gasteiger partial charge in [-0.15, -0.1) is 0 Å². The maximum Gasteiger partial charge on any atom is 0.341 e. The van der Waals surface area contributed by atoms with Crippen LogP contribution in [0.2, 0.25) is 0 Å². The average molecular weight is 269 g/mol. The summed E-state index contributed by atoms with van der Waals surface area (Å²) < 4.78 is 4.90. The largest absolute Gasteiger partial charge is 0.462 e. The molecule has 0 amide bonds. The van der Waals surface area contributed by atoms with Gasteiger partial charge in [-0.2, -0.15) is 0 Å². The maximum atomic E-state index is 11.8. The first-order valence-corrected chi connectivity index (χ1v) is 6.37. The summed E-state index contributed by atoms with van der Waals surface area (Å²) in [5.41, 5.74) is 1.50. The zero-order valence-electron chi connectivity index (χ0n) is 11.4. The number of pyridine rings is 1. The van der Waals surface area contributed by atoms with Gasteiger partial charge in [0.15, 0.2) is 5.78 Å². The minimum Gasteiger partial charge on any atom is -0.462 e. The van der Waals surface area contributed by atoms with Crippen molar-refractivity contribution in [2.45, 2.75) is 13.8 Å². The molecular formula is C16H15NO3. The standard InChI is InChI=1S/C16H15NO3/c1-3-20-16(19)14(11(2)18)10-13-7-4-6-12-8-5-9-17-15(12)13/h4-10H,3H2,1-2H3. The Kier molecular flexibility index (Phi) is 4.25. The van der Waals surface area contributed by atoms with Gasteiger partial charge in [-0.25, -0.2) is 4.79 Å². The van der Waals surface area contributed by atoms with E-state index in [9.17, 15) is 9.59 Å². The highest BCUT2D eigenvalue weighted by molar-refractivity contribution is 6.20. The number of carbonyl (C=O) groups is 2. The first-order valence-electron chi connectivity index (χ1n) is 6.37. The molecule has 0 aliphatic carbocycles. The lowest BCUT2D eigenvalue weighted by Gasteiger charge is -2.05. The summed E-state index contributed by atoms with van der Waals surface area (Å²) in [7, 11) is 0. The molecule has 1 aromatic carbocycles. The van der Waals surface area contributed by atoms with Gasteiger partial charge in [-0.05, 0) is 26.0 Å². The van der Waals surface area contributed by atoms with Gasteiger partial charge >= 0.3 is 5.97 Å². The van der Waals surface area contributed by atoms with E-state index in [0.29, 0.717) is 0 Å². The fourth-order valence-corrected chi connectivity index (χ4v) is 1.91. The van der Waals surface area contributed by atoms with Gasteiger partial charge in [0.25, 0.3) is 0 Å². The van der Waals surface area contributed by atoms with Crippen molar-refractivity contribution in [3.63, 3.8) is 0 Å². The van der Waals surface area contributed by atoms with Crippen LogP contribution in [0, 0.1) is 0 Å². The number of benzene rings is 1. The Morgan fingerprint density at radius 2 is 2.00 bits per heavy atom. The van der Waals surface area contributed by atoms with Crippen LogP contribution in [0.5, 0.6) is 0 Å². The van der Waals surface area contributed by atoms with Crippen LogP contribution < -0.4 is 0 Å². The molecule has 2 rings (SSSR count). The van der Waals surface area contributed by atoms with Crippen LogP contribution in [-0.4, -0.2) is 23.3 Å². The highest BCUT2D eigenvalue weighted by atomic mass is 16.5. The SMILES string of the molecule is CCOC(=O)C(=Cc1cccc2cccnc12)C(C)=O. The number of Topliss-reactive ketones (excluding diaryl/α,β-unsaturated/α-hetero) is 1. The minimum absolute atomic E-state index is 0.0324. The number of carbonyl (C=O) groups excluding carboxylic acids is 2. The predicted octanol–water partition coefficient (Wildman–Crippen LogP) is 2.77. The highest BCUT2D eigenvalue weighted by Crippen LogP contribution is 2.19. The normalized spacial score (nSPS) is 11.4. The Bertz CT molecular complexity index is 684. The number of hydrogen-bond acceptors (Lipinski definition) is 4. The molecule has 0 fully saturated rings. The molecule has 0 spiro atoms. The number of aromatic nitrogens is 1. The van der Waals surface area contributed by atoms with E-state index in [4.69, 9.17) is 4.74 Å². The number of ether oxygens (including phenoxy) is 1. The van der Waals surface area contributed by atoms with Gasteiger partial charge in [0.05, 0.1) is 12.1 Å². The van der Waals surface area contributed by atoms with Crippen molar-refractivity contribution in [2.24, 2.45) is 0 Å². The fourth-order valence-electron chi connectivity index (χ4n) is 1.91. The third-order valence-corrected chi connectivity index (χ3v) is 2.84. The molecule has 0 aliphatic heterocycles. The van der Waals surface area contributed by atoms with Crippen molar-refractivity contribution in [1.29, 1.82) is 0 Å². The number of esters is 1. The van der Waals surface area contributed by atoms with Crippen LogP contribution in [0.15, 0.2) is 42.1 Å². The molecule has 0 bridgehead atoms. The van der Waals surface area contributed by atoms with Crippen LogP contribution >= 0.6 is 0 Å². The van der Waals surface area contributed by atoms with E-state index in [1.165, 1.54) is 13.0 Å². The molecule has 0 atom stereocenters. The van der Waals surface area contributed by atoms with E-state index in [1.807, 2.05) is 30.3 Å². The van der Waals surface area contributed by atoms with Gasteiger partial charge in [0, 0.05) is 17.1 Å². The topological polar surface area (TPSA) is 56.3 Å². The molecule has 4 heteroatoms. The molecule has 20 heavy (non-hydrogen) atoms. The Morgan fingerprint density at radius 1 is 1.25 bits per heavy atom. The lowest BCUT2D eigenvalue weighted by molar-refractivity contribution is -0.139. The number of rotatable bonds is 4. The maximum absolute atomic E-state index is 11.8. The smallest absolute Gasteiger partial charge is 0.341 e. The third kappa shape index (κ3) is 2.91. The summed E-state index contributed by atoms with van der Waals surface area (Å²) in [5, 5.41) is 0.952. The second-order valence-electron chi connectivity index (χ2n) is 4.26. The third-order valence-electron chi connectivity index (χ3n) is 2.84. The molecule has 0 saturated carbocycles. The average Bonchev–Trinajstić information content (AvgIpc) is 2.44. The summed E-state index contributed by atoms with van der Waals surface area (Å²) in [6, 6.07) is 9.37. The minimum atomic E-state index is -0.604. The number of nitrogens with zero attached hydrogens (tertiary/aromatic N) is 1. The van der Waals surface area contributed by atoms with Gasteiger partial charge in [-0.1, -0.05) is 24.3 Å². The van der Waals surface area contributed by atoms with Crippen molar-refractivity contribution in [2.75, 3.05) is 6.61 Å². The summed E-state index contributed by atoms with van der Waals surface area (Å²) in [4.78, 5) is 27.7. The number of ketones is 1. The van der Waals surface area contributed by atoms with E-state index < -0.39 is 5.97 Å². The number of para-hydroxylation sites is 1. The van der Waals surface area contributed by atoms with E-state index in [-0.39, 0.29) is 18.0 Å². The quantitative estimate of drug-likeness (QED) is 0.370. The second kappa shape index (κ2) is 6.10. The summed E-state index contributed by atoms with van der Waals surface area (Å²) in [6.07, 6.45) is 3.22. The molecule has 0 saturated heterocycles. The molecule has 2 aromatic rings. The number of fused-ring (bicyclic) bond motifs is 1. The molecule has 1 aromatic heterocycles. The van der Waals surface area contributed by atoms with E-state index in [1.54, 1.807) is 13.1 Å². The summed E-state index contributed by atoms with van der Waals surface area (Å²) >= 11 is 0. The second-order valence-corrected chi connectivity index (χ2v) is 4.26. The van der Waals surface area contributed by atoms with Crippen molar-refractivity contribution in [3.8, 4) is 0 Å². The van der Waals surface area contributed by atoms with Crippen LogP contribution in [0.25, 0.3) is 17.0 Å². The van der Waals surface area contributed by atoms with Crippen molar-refractivity contribution in [1.82, 2.24) is 4.98 Å². The highest BCUT2D eigenvalue weighted by Gasteiger charge is 2.16. The van der Waals surface area contributed by atoms with E-state index >= 15 is 0 Å². The fraction of sp³-hybridized carbons (Fsp3) is 0.188. The zero-order valence-corrected chi connectivity index (χ0v) is 11.4. The molecule has 0 aliphatic rings. The van der Waals surface area contributed by atoms with Crippen molar-refractivity contribution < 1.29 is 14.3 Å². The predicted molar refractivity (Wildman–Crippen MR) is 77.0 cm³/mol. The Balaban J connectivity index is 2.54.